The molecule has 1 aromatic heterocycles. The van der Waals surface area contributed by atoms with Crippen LogP contribution >= 0.6 is 0 Å². The first kappa shape index (κ1) is 14.6. The molecule has 1 unspecified atom stereocenters. The van der Waals surface area contributed by atoms with Crippen molar-refractivity contribution in [1.82, 2.24) is 9.88 Å². The Kier molecular flexibility index (Phi) is 4.45. The zero-order valence-electron chi connectivity index (χ0n) is 12.8. The molecule has 2 rings (SSSR count). The van der Waals surface area contributed by atoms with E-state index in [4.69, 9.17) is 5.73 Å². The number of likely N-dealkylation sites (N-methyl/N-ethyl adjacent to an activating group) is 2. The average Bonchev–Trinajstić information content (AvgIpc) is 2.41. The van der Waals surface area contributed by atoms with E-state index in [1.54, 1.807) is 0 Å². The topological polar surface area (TPSA) is 45.4 Å². The number of aromatic nitrogens is 1. The minimum Gasteiger partial charge on any atom is -0.398 e. The summed E-state index contributed by atoms with van der Waals surface area (Å²) in [6.07, 6.45) is 3.67. The molecule has 0 aliphatic rings. The van der Waals surface area contributed by atoms with Crippen LogP contribution < -0.4 is 10.6 Å². The summed E-state index contributed by atoms with van der Waals surface area (Å²) in [5.41, 5.74) is 8.07. The van der Waals surface area contributed by atoms with Gasteiger partial charge in [0.15, 0.2) is 0 Å². The molecule has 0 radical (unpaired) electrons. The number of hydrogen-bond acceptors (Lipinski definition) is 4. The van der Waals surface area contributed by atoms with Crippen molar-refractivity contribution < 1.29 is 0 Å². The van der Waals surface area contributed by atoms with Gasteiger partial charge >= 0.3 is 0 Å². The SMILES string of the molecule is CCN(c1ccc(N)c2cnccc12)C(C)CN(C)C. The van der Waals surface area contributed by atoms with E-state index in [1.165, 1.54) is 11.1 Å². The Morgan fingerprint density at radius 3 is 2.60 bits per heavy atom. The highest BCUT2D eigenvalue weighted by atomic mass is 15.2. The zero-order valence-corrected chi connectivity index (χ0v) is 12.8. The fourth-order valence-corrected chi connectivity index (χ4v) is 2.79. The molecule has 0 amide bonds. The summed E-state index contributed by atoms with van der Waals surface area (Å²) in [4.78, 5) is 8.82. The van der Waals surface area contributed by atoms with Gasteiger partial charge in [-0.3, -0.25) is 4.98 Å². The van der Waals surface area contributed by atoms with Crippen LogP contribution in [0.25, 0.3) is 10.8 Å². The maximum absolute atomic E-state index is 6.06. The van der Waals surface area contributed by atoms with Gasteiger partial charge in [-0.2, -0.15) is 0 Å². The molecule has 2 N–H and O–H groups in total. The van der Waals surface area contributed by atoms with Gasteiger partial charge in [-0.15, -0.1) is 0 Å². The van der Waals surface area contributed by atoms with E-state index in [-0.39, 0.29) is 0 Å². The predicted molar refractivity (Wildman–Crippen MR) is 87.2 cm³/mol. The molecular weight excluding hydrogens is 248 g/mol. The first-order chi connectivity index (χ1) is 9.54. The molecule has 0 aliphatic carbocycles. The number of pyridine rings is 1. The van der Waals surface area contributed by atoms with Crippen LogP contribution in [-0.2, 0) is 0 Å². The lowest BCUT2D eigenvalue weighted by Crippen LogP contribution is -2.40. The minimum atomic E-state index is 0.440. The Bertz CT molecular complexity index is 580. The molecule has 0 fully saturated rings. The van der Waals surface area contributed by atoms with Crippen molar-refractivity contribution >= 4 is 22.1 Å². The number of rotatable bonds is 5. The van der Waals surface area contributed by atoms with Crippen LogP contribution in [0.4, 0.5) is 11.4 Å². The van der Waals surface area contributed by atoms with E-state index >= 15 is 0 Å². The Hall–Kier alpha value is -1.81. The molecule has 1 atom stereocenters. The van der Waals surface area contributed by atoms with E-state index < -0.39 is 0 Å². The largest absolute Gasteiger partial charge is 0.398 e. The fraction of sp³-hybridized carbons (Fsp3) is 0.438. The van der Waals surface area contributed by atoms with Gasteiger partial charge in [-0.25, -0.2) is 0 Å². The predicted octanol–water partition coefficient (Wildman–Crippen LogP) is 2.59. The molecule has 4 nitrogen and oxygen atoms in total. The summed E-state index contributed by atoms with van der Waals surface area (Å²) in [7, 11) is 4.21. The lowest BCUT2D eigenvalue weighted by Gasteiger charge is -2.33. The third kappa shape index (κ3) is 2.85. The minimum absolute atomic E-state index is 0.440. The molecule has 0 saturated carbocycles. The molecule has 4 heteroatoms. The van der Waals surface area contributed by atoms with Crippen LogP contribution in [0.2, 0.25) is 0 Å². The monoisotopic (exact) mass is 272 g/mol. The quantitative estimate of drug-likeness (QED) is 0.850. The smallest absolute Gasteiger partial charge is 0.0451 e. The van der Waals surface area contributed by atoms with E-state index in [1.807, 2.05) is 24.5 Å². The number of nitrogens with zero attached hydrogens (tertiary/aromatic N) is 3. The van der Waals surface area contributed by atoms with E-state index in [2.05, 4.69) is 48.8 Å². The van der Waals surface area contributed by atoms with Crippen LogP contribution in [0.15, 0.2) is 30.6 Å². The molecule has 2 aromatic rings. The molecule has 1 aromatic carbocycles. The summed E-state index contributed by atoms with van der Waals surface area (Å²) in [5.74, 6) is 0. The van der Waals surface area contributed by atoms with Gasteiger partial charge in [0.05, 0.1) is 0 Å². The van der Waals surface area contributed by atoms with Gasteiger partial charge in [-0.1, -0.05) is 0 Å². The molecule has 0 saturated heterocycles. The number of nitrogens with two attached hydrogens (primary N) is 1. The molecule has 108 valence electrons. The van der Waals surface area contributed by atoms with Crippen LogP contribution in [0, 0.1) is 0 Å². The van der Waals surface area contributed by atoms with Crippen molar-refractivity contribution in [1.29, 1.82) is 0 Å². The van der Waals surface area contributed by atoms with E-state index in [0.29, 0.717) is 6.04 Å². The maximum atomic E-state index is 6.06. The highest BCUT2D eigenvalue weighted by Crippen LogP contribution is 2.31. The summed E-state index contributed by atoms with van der Waals surface area (Å²) < 4.78 is 0. The Morgan fingerprint density at radius 1 is 1.20 bits per heavy atom. The first-order valence-corrected chi connectivity index (χ1v) is 7.08. The van der Waals surface area contributed by atoms with Crippen molar-refractivity contribution in [3.05, 3.63) is 30.6 Å². The second-order valence-electron chi connectivity index (χ2n) is 5.49. The van der Waals surface area contributed by atoms with Crippen molar-refractivity contribution in [2.45, 2.75) is 19.9 Å². The molecule has 0 spiro atoms. The third-order valence-corrected chi connectivity index (χ3v) is 3.64. The second-order valence-corrected chi connectivity index (χ2v) is 5.49. The lowest BCUT2D eigenvalue weighted by atomic mass is 10.1. The third-order valence-electron chi connectivity index (χ3n) is 3.64. The maximum Gasteiger partial charge on any atom is 0.0451 e. The van der Waals surface area contributed by atoms with Gasteiger partial charge in [0.1, 0.15) is 0 Å². The van der Waals surface area contributed by atoms with E-state index in [0.717, 1.165) is 24.2 Å². The summed E-state index contributed by atoms with van der Waals surface area (Å²) in [5, 5.41) is 2.20. The van der Waals surface area contributed by atoms with Gasteiger partial charge < -0.3 is 15.5 Å². The normalized spacial score (nSPS) is 12.8. The van der Waals surface area contributed by atoms with Gasteiger partial charge in [-0.05, 0) is 46.1 Å². The number of nitrogen functional groups attached to an aromatic ring is 1. The zero-order chi connectivity index (χ0) is 14.7. The first-order valence-electron chi connectivity index (χ1n) is 7.08. The second kappa shape index (κ2) is 6.09. The standard InChI is InChI=1S/C16H24N4/c1-5-20(12(2)11-19(3)4)16-7-6-15(17)14-10-18-9-8-13(14)16/h6-10,12H,5,11,17H2,1-4H3. The average molecular weight is 272 g/mol. The highest BCUT2D eigenvalue weighted by Gasteiger charge is 2.16. The molecule has 0 aliphatic heterocycles. The van der Waals surface area contributed by atoms with E-state index in [9.17, 15) is 0 Å². The number of benzene rings is 1. The number of hydrogen-bond donors (Lipinski definition) is 1. The Balaban J connectivity index is 2.47. The number of anilines is 2. The summed E-state index contributed by atoms with van der Waals surface area (Å²) in [6, 6.07) is 6.58. The van der Waals surface area contributed by atoms with Gasteiger partial charge in [0.2, 0.25) is 0 Å². The molecule has 1 heterocycles. The lowest BCUT2D eigenvalue weighted by molar-refractivity contribution is 0.373. The van der Waals surface area contributed by atoms with Crippen molar-refractivity contribution in [2.24, 2.45) is 0 Å². The highest BCUT2D eigenvalue weighted by molar-refractivity contribution is 6.00. The Labute approximate surface area is 121 Å². The van der Waals surface area contributed by atoms with Crippen LogP contribution in [-0.4, -0.2) is 43.1 Å². The molecular formula is C16H24N4. The van der Waals surface area contributed by atoms with Crippen molar-refractivity contribution in [3.63, 3.8) is 0 Å². The van der Waals surface area contributed by atoms with Crippen molar-refractivity contribution in [2.75, 3.05) is 37.8 Å². The molecule has 0 bridgehead atoms. The molecule has 20 heavy (non-hydrogen) atoms. The summed E-state index contributed by atoms with van der Waals surface area (Å²) >= 11 is 0. The van der Waals surface area contributed by atoms with Crippen molar-refractivity contribution in [3.8, 4) is 0 Å². The van der Waals surface area contributed by atoms with Crippen LogP contribution in [0.5, 0.6) is 0 Å². The van der Waals surface area contributed by atoms with Gasteiger partial charge in [0, 0.05) is 53.7 Å². The summed E-state index contributed by atoms with van der Waals surface area (Å²) in [6.45, 7) is 6.43. The van der Waals surface area contributed by atoms with Crippen LogP contribution in [0.1, 0.15) is 13.8 Å². The fourth-order valence-electron chi connectivity index (χ4n) is 2.79. The number of fused-ring (bicyclic) bond motifs is 1. The van der Waals surface area contributed by atoms with Gasteiger partial charge in [0.25, 0.3) is 0 Å². The van der Waals surface area contributed by atoms with Crippen LogP contribution in [0.3, 0.4) is 0 Å². The Morgan fingerprint density at radius 2 is 1.95 bits per heavy atom.